The molecule has 18 heavy (non-hydrogen) atoms. The van der Waals surface area contributed by atoms with Crippen LogP contribution in [0.3, 0.4) is 0 Å². The van der Waals surface area contributed by atoms with Crippen LogP contribution in [-0.4, -0.2) is 33.2 Å². The van der Waals surface area contributed by atoms with Gasteiger partial charge in [0.2, 0.25) is 5.82 Å². The van der Waals surface area contributed by atoms with Gasteiger partial charge in [-0.2, -0.15) is 16.7 Å². The zero-order valence-corrected chi connectivity index (χ0v) is 10.4. The molecule has 2 N–H and O–H groups in total. The van der Waals surface area contributed by atoms with Gasteiger partial charge in [-0.3, -0.25) is 4.98 Å². The fraction of sp³-hybridized carbons (Fsp3) is 0.364. The predicted molar refractivity (Wildman–Crippen MR) is 68.0 cm³/mol. The van der Waals surface area contributed by atoms with Crippen LogP contribution < -0.4 is 5.73 Å². The van der Waals surface area contributed by atoms with Crippen molar-refractivity contribution in [2.45, 2.75) is 6.10 Å². The van der Waals surface area contributed by atoms with Gasteiger partial charge in [-0.05, 0) is 6.07 Å². The average molecular weight is 264 g/mol. The van der Waals surface area contributed by atoms with Crippen LogP contribution >= 0.6 is 11.8 Å². The highest BCUT2D eigenvalue weighted by atomic mass is 32.2. The smallest absolute Gasteiger partial charge is 0.260 e. The van der Waals surface area contributed by atoms with Gasteiger partial charge in [-0.15, -0.1) is 0 Å². The molecule has 3 rings (SSSR count). The van der Waals surface area contributed by atoms with Crippen LogP contribution in [0.5, 0.6) is 0 Å². The lowest BCUT2D eigenvalue weighted by atomic mass is 10.2. The third kappa shape index (κ3) is 2.19. The summed E-state index contributed by atoms with van der Waals surface area (Å²) < 4.78 is 10.8. The van der Waals surface area contributed by atoms with Crippen molar-refractivity contribution < 1.29 is 9.26 Å². The second-order valence-corrected chi connectivity index (χ2v) is 5.00. The number of hydrogen-bond acceptors (Lipinski definition) is 7. The van der Waals surface area contributed by atoms with Crippen molar-refractivity contribution in [1.82, 2.24) is 15.1 Å². The number of rotatable bonds is 2. The van der Waals surface area contributed by atoms with Crippen molar-refractivity contribution in [2.24, 2.45) is 0 Å². The maximum absolute atomic E-state index is 5.81. The zero-order chi connectivity index (χ0) is 12.4. The van der Waals surface area contributed by atoms with E-state index in [-0.39, 0.29) is 6.10 Å². The molecule has 1 saturated heterocycles. The molecule has 1 unspecified atom stereocenters. The number of aromatic nitrogens is 3. The van der Waals surface area contributed by atoms with Crippen LogP contribution in [-0.2, 0) is 4.74 Å². The first-order valence-electron chi connectivity index (χ1n) is 5.57. The summed E-state index contributed by atoms with van der Waals surface area (Å²) in [5, 5.41) is 3.96. The summed E-state index contributed by atoms with van der Waals surface area (Å²) in [6.07, 6.45) is 3.11. The Morgan fingerprint density at radius 1 is 1.44 bits per heavy atom. The number of hydrogen-bond donors (Lipinski definition) is 1. The average Bonchev–Trinajstić information content (AvgIpc) is 2.90. The van der Waals surface area contributed by atoms with E-state index in [4.69, 9.17) is 15.0 Å². The molecule has 0 radical (unpaired) electrons. The van der Waals surface area contributed by atoms with Gasteiger partial charge >= 0.3 is 0 Å². The fourth-order valence-electron chi connectivity index (χ4n) is 1.71. The Morgan fingerprint density at radius 2 is 2.39 bits per heavy atom. The first kappa shape index (κ1) is 11.5. The monoisotopic (exact) mass is 264 g/mol. The molecule has 0 saturated carbocycles. The molecule has 2 aromatic heterocycles. The molecule has 1 aliphatic rings. The third-order valence-electron chi connectivity index (χ3n) is 2.63. The molecule has 3 heterocycles. The van der Waals surface area contributed by atoms with E-state index < -0.39 is 0 Å². The van der Waals surface area contributed by atoms with Gasteiger partial charge in [-0.1, -0.05) is 5.16 Å². The largest absolute Gasteiger partial charge is 0.397 e. The van der Waals surface area contributed by atoms with E-state index >= 15 is 0 Å². The van der Waals surface area contributed by atoms with Crippen molar-refractivity contribution in [3.05, 3.63) is 24.3 Å². The minimum absolute atomic E-state index is 0.0932. The van der Waals surface area contributed by atoms with Gasteiger partial charge in [0.15, 0.2) is 0 Å². The van der Waals surface area contributed by atoms with Crippen LogP contribution in [0.1, 0.15) is 11.9 Å². The van der Waals surface area contributed by atoms with E-state index in [2.05, 4.69) is 15.1 Å². The summed E-state index contributed by atoms with van der Waals surface area (Å²) >= 11 is 1.82. The van der Waals surface area contributed by atoms with Crippen LogP contribution in [0, 0.1) is 0 Å². The molecule has 0 spiro atoms. The second-order valence-electron chi connectivity index (χ2n) is 3.86. The lowest BCUT2D eigenvalue weighted by Crippen LogP contribution is -2.16. The molecule has 0 amide bonds. The lowest BCUT2D eigenvalue weighted by molar-refractivity contribution is 0.0677. The summed E-state index contributed by atoms with van der Waals surface area (Å²) in [5.41, 5.74) is 7.04. The van der Waals surface area contributed by atoms with E-state index in [9.17, 15) is 0 Å². The van der Waals surface area contributed by atoms with Crippen molar-refractivity contribution in [3.8, 4) is 11.5 Å². The Balaban J connectivity index is 1.87. The minimum Gasteiger partial charge on any atom is -0.397 e. The molecule has 6 nitrogen and oxygen atoms in total. The first-order valence-corrected chi connectivity index (χ1v) is 6.73. The van der Waals surface area contributed by atoms with Gasteiger partial charge in [0.1, 0.15) is 6.10 Å². The summed E-state index contributed by atoms with van der Waals surface area (Å²) in [5.74, 6) is 2.85. The Hall–Kier alpha value is -1.60. The Bertz CT molecular complexity index is 539. The maximum atomic E-state index is 5.81. The molecule has 94 valence electrons. The molecule has 7 heteroatoms. The topological polar surface area (TPSA) is 87.1 Å². The molecular formula is C11H12N4O2S. The Labute approximate surface area is 108 Å². The van der Waals surface area contributed by atoms with Crippen molar-refractivity contribution in [1.29, 1.82) is 0 Å². The van der Waals surface area contributed by atoms with Crippen molar-refractivity contribution >= 4 is 17.4 Å². The molecular weight excluding hydrogens is 252 g/mol. The van der Waals surface area contributed by atoms with Crippen molar-refractivity contribution in [3.63, 3.8) is 0 Å². The van der Waals surface area contributed by atoms with Gasteiger partial charge in [0.05, 0.1) is 24.1 Å². The summed E-state index contributed by atoms with van der Waals surface area (Å²) in [6, 6.07) is 1.75. The van der Waals surface area contributed by atoms with Gasteiger partial charge in [0.25, 0.3) is 5.89 Å². The molecule has 1 aliphatic heterocycles. The molecule has 0 bridgehead atoms. The number of pyridine rings is 1. The molecule has 1 fully saturated rings. The highest BCUT2D eigenvalue weighted by Gasteiger charge is 2.22. The van der Waals surface area contributed by atoms with Gasteiger partial charge < -0.3 is 15.0 Å². The molecule has 0 aliphatic carbocycles. The van der Waals surface area contributed by atoms with Crippen LogP contribution in [0.2, 0.25) is 0 Å². The van der Waals surface area contributed by atoms with Crippen LogP contribution in [0.4, 0.5) is 5.69 Å². The fourth-order valence-corrected chi connectivity index (χ4v) is 2.55. The zero-order valence-electron chi connectivity index (χ0n) is 9.57. The maximum Gasteiger partial charge on any atom is 0.260 e. The normalized spacial score (nSPS) is 19.9. The number of ether oxygens (including phenoxy) is 1. The number of nitrogen functional groups attached to an aromatic ring is 1. The summed E-state index contributed by atoms with van der Waals surface area (Å²) in [7, 11) is 0. The quantitative estimate of drug-likeness (QED) is 0.879. The number of nitrogens with two attached hydrogens (primary N) is 1. The Morgan fingerprint density at radius 3 is 3.17 bits per heavy atom. The van der Waals surface area contributed by atoms with E-state index in [1.54, 1.807) is 18.5 Å². The van der Waals surface area contributed by atoms with Crippen molar-refractivity contribution in [2.75, 3.05) is 23.8 Å². The third-order valence-corrected chi connectivity index (χ3v) is 3.62. The number of nitrogens with zero attached hydrogens (tertiary/aromatic N) is 3. The molecule has 0 aromatic carbocycles. The molecule has 2 aromatic rings. The number of anilines is 1. The first-order chi connectivity index (χ1) is 8.84. The van der Waals surface area contributed by atoms with Crippen LogP contribution in [0.15, 0.2) is 23.0 Å². The van der Waals surface area contributed by atoms with Crippen LogP contribution in [0.25, 0.3) is 11.5 Å². The van der Waals surface area contributed by atoms with Gasteiger partial charge in [0, 0.05) is 17.7 Å². The second kappa shape index (κ2) is 4.95. The highest BCUT2D eigenvalue weighted by Crippen LogP contribution is 2.28. The summed E-state index contributed by atoms with van der Waals surface area (Å²) in [4.78, 5) is 8.27. The SMILES string of the molecule is Nc1cnccc1-c1nc(C2CSCCO2)no1. The lowest BCUT2D eigenvalue weighted by Gasteiger charge is -2.18. The van der Waals surface area contributed by atoms with Gasteiger partial charge in [-0.25, -0.2) is 0 Å². The highest BCUT2D eigenvalue weighted by molar-refractivity contribution is 7.99. The van der Waals surface area contributed by atoms with E-state index in [0.29, 0.717) is 23.0 Å². The number of thioether (sulfide) groups is 1. The van der Waals surface area contributed by atoms with E-state index in [0.717, 1.165) is 18.1 Å². The van der Waals surface area contributed by atoms with E-state index in [1.165, 1.54) is 0 Å². The molecule has 1 atom stereocenters. The van der Waals surface area contributed by atoms with E-state index in [1.807, 2.05) is 11.8 Å². The Kier molecular flexibility index (Phi) is 3.16. The predicted octanol–water partition coefficient (Wildman–Crippen LogP) is 1.52. The standard InChI is InChI=1S/C11H12N4O2S/c12-8-5-13-2-1-7(8)11-14-10(15-17-11)9-6-18-4-3-16-9/h1-2,5,9H,3-4,6,12H2. The minimum atomic E-state index is -0.0932. The summed E-state index contributed by atoms with van der Waals surface area (Å²) in [6.45, 7) is 0.719.